The predicted octanol–water partition coefficient (Wildman–Crippen LogP) is -0.00320. The zero-order valence-corrected chi connectivity index (χ0v) is 9.35. The predicted molar refractivity (Wildman–Crippen MR) is 51.7 cm³/mol. The number of rotatable bonds is 2. The number of aliphatic carboxylic acids is 1. The highest BCUT2D eigenvalue weighted by atomic mass is 16.6. The van der Waals surface area contributed by atoms with Gasteiger partial charge in [0.25, 0.3) is 0 Å². The van der Waals surface area contributed by atoms with Crippen LogP contribution in [0.2, 0.25) is 0 Å². The van der Waals surface area contributed by atoms with Gasteiger partial charge in [0.2, 0.25) is 0 Å². The van der Waals surface area contributed by atoms with Crippen LogP contribution in [0.5, 0.6) is 0 Å². The smallest absolute Gasteiger partial charge is 0.334 e. The van der Waals surface area contributed by atoms with Crippen molar-refractivity contribution in [2.45, 2.75) is 32.5 Å². The van der Waals surface area contributed by atoms with E-state index in [1.807, 2.05) is 0 Å². The average molecular weight is 230 g/mol. The molecular weight excluding hydrogens is 216 g/mol. The molecule has 0 aliphatic carbocycles. The van der Waals surface area contributed by atoms with Crippen LogP contribution in [0.1, 0.15) is 20.8 Å². The molecule has 1 rings (SSSR count). The maximum atomic E-state index is 11.6. The fourth-order valence-corrected chi connectivity index (χ4v) is 1.36. The summed E-state index contributed by atoms with van der Waals surface area (Å²) >= 11 is 0. The lowest BCUT2D eigenvalue weighted by Crippen LogP contribution is -2.39. The molecule has 1 N–H and O–H groups in total. The third-order valence-corrected chi connectivity index (χ3v) is 1.96. The molecule has 0 amide bonds. The normalized spacial score (nSPS) is 25.6. The fourth-order valence-electron chi connectivity index (χ4n) is 1.36. The first-order chi connectivity index (χ1) is 7.22. The minimum Gasteiger partial charge on any atom is -0.479 e. The van der Waals surface area contributed by atoms with Crippen molar-refractivity contribution in [2.24, 2.45) is 5.92 Å². The molecule has 6 heteroatoms. The Morgan fingerprint density at radius 1 is 1.44 bits per heavy atom. The maximum absolute atomic E-state index is 11.6. The Morgan fingerprint density at radius 2 is 2.00 bits per heavy atom. The van der Waals surface area contributed by atoms with E-state index in [9.17, 15) is 14.4 Å². The summed E-state index contributed by atoms with van der Waals surface area (Å²) in [6.07, 6.45) is -1.43. The van der Waals surface area contributed by atoms with Crippen molar-refractivity contribution in [3.63, 3.8) is 0 Å². The van der Waals surface area contributed by atoms with E-state index in [0.717, 1.165) is 0 Å². The second-order valence-corrected chi connectivity index (χ2v) is 4.55. The van der Waals surface area contributed by atoms with E-state index in [-0.39, 0.29) is 6.61 Å². The van der Waals surface area contributed by atoms with Crippen LogP contribution in [-0.4, -0.2) is 41.1 Å². The molecule has 16 heavy (non-hydrogen) atoms. The second-order valence-electron chi connectivity index (χ2n) is 4.55. The van der Waals surface area contributed by atoms with Gasteiger partial charge in [-0.1, -0.05) is 0 Å². The molecule has 0 aromatic carbocycles. The Hall–Kier alpha value is -1.43. The summed E-state index contributed by atoms with van der Waals surface area (Å²) < 4.78 is 9.69. The van der Waals surface area contributed by atoms with Crippen LogP contribution in [0, 0.1) is 5.92 Å². The number of esters is 1. The van der Waals surface area contributed by atoms with E-state index >= 15 is 0 Å². The van der Waals surface area contributed by atoms with Gasteiger partial charge in [-0.3, -0.25) is 9.59 Å². The molecule has 0 aromatic heterocycles. The average Bonchev–Trinajstić information content (AvgIpc) is 2.43. The van der Waals surface area contributed by atoms with Crippen molar-refractivity contribution in [3.8, 4) is 0 Å². The van der Waals surface area contributed by atoms with Gasteiger partial charge in [0.1, 0.15) is 12.2 Å². The summed E-state index contributed by atoms with van der Waals surface area (Å²) in [5, 5.41) is 8.76. The van der Waals surface area contributed by atoms with Crippen molar-refractivity contribution in [1.82, 2.24) is 0 Å². The van der Waals surface area contributed by atoms with Crippen molar-refractivity contribution in [3.05, 3.63) is 0 Å². The van der Waals surface area contributed by atoms with Crippen LogP contribution in [0.4, 0.5) is 0 Å². The highest BCUT2D eigenvalue weighted by molar-refractivity contribution is 6.05. The summed E-state index contributed by atoms with van der Waals surface area (Å²) in [5.41, 5.74) is -0.761. The Labute approximate surface area is 92.5 Å². The molecule has 90 valence electrons. The molecule has 0 saturated carbocycles. The molecule has 2 unspecified atom stereocenters. The summed E-state index contributed by atoms with van der Waals surface area (Å²) in [4.78, 5) is 33.7. The lowest BCUT2D eigenvalue weighted by Gasteiger charge is -2.22. The first kappa shape index (κ1) is 12.6. The highest BCUT2D eigenvalue weighted by Crippen LogP contribution is 2.22. The topological polar surface area (TPSA) is 89.9 Å². The molecule has 1 aliphatic rings. The van der Waals surface area contributed by atoms with Gasteiger partial charge in [-0.05, 0) is 20.8 Å². The fraction of sp³-hybridized carbons (Fsp3) is 0.700. The Morgan fingerprint density at radius 3 is 2.44 bits per heavy atom. The zero-order chi connectivity index (χ0) is 12.5. The second kappa shape index (κ2) is 4.21. The minimum absolute atomic E-state index is 0.360. The van der Waals surface area contributed by atoms with Gasteiger partial charge in [0, 0.05) is 0 Å². The van der Waals surface area contributed by atoms with Crippen molar-refractivity contribution in [1.29, 1.82) is 0 Å². The van der Waals surface area contributed by atoms with Gasteiger partial charge in [-0.2, -0.15) is 0 Å². The molecule has 1 fully saturated rings. The number of Topliss-reactive ketones (excluding diaryl/α,β-unsaturated/α-hetero) is 1. The van der Waals surface area contributed by atoms with Gasteiger partial charge in [0.05, 0.1) is 0 Å². The lowest BCUT2D eigenvalue weighted by molar-refractivity contribution is -0.168. The molecule has 0 radical (unpaired) electrons. The lowest BCUT2D eigenvalue weighted by atomic mass is 10.0. The number of carbonyl (C=O) groups is 3. The standard InChI is InChI=1S/C10H14O6/c1-10(2,3)16-9(14)6-5(11)4-15-7(6)8(12)13/h6-7H,4H2,1-3H3,(H,12,13). The van der Waals surface area contributed by atoms with Crippen LogP contribution in [0.25, 0.3) is 0 Å². The number of carboxylic acid groups (broad SMARTS) is 1. The van der Waals surface area contributed by atoms with E-state index in [4.69, 9.17) is 14.6 Å². The number of carboxylic acids is 1. The van der Waals surface area contributed by atoms with Crippen molar-refractivity contribution in [2.75, 3.05) is 6.61 Å². The Bertz CT molecular complexity index is 327. The summed E-state index contributed by atoms with van der Waals surface area (Å²) in [7, 11) is 0. The van der Waals surface area contributed by atoms with Gasteiger partial charge < -0.3 is 14.6 Å². The summed E-state index contributed by atoms with van der Waals surface area (Å²) in [6.45, 7) is 4.56. The molecular formula is C10H14O6. The number of hydrogen-bond donors (Lipinski definition) is 1. The molecule has 0 bridgehead atoms. The first-order valence-electron chi connectivity index (χ1n) is 4.82. The molecule has 2 atom stereocenters. The Balaban J connectivity index is 2.80. The SMILES string of the molecule is CC(C)(C)OC(=O)C1C(=O)COC1C(=O)O. The molecule has 1 aliphatic heterocycles. The monoisotopic (exact) mass is 230 g/mol. The van der Waals surface area contributed by atoms with Crippen LogP contribution in [0.3, 0.4) is 0 Å². The summed E-state index contributed by atoms with van der Waals surface area (Å²) in [6, 6.07) is 0. The Kier molecular flexibility index (Phi) is 3.32. The zero-order valence-electron chi connectivity index (χ0n) is 9.35. The van der Waals surface area contributed by atoms with Gasteiger partial charge in [0.15, 0.2) is 17.8 Å². The van der Waals surface area contributed by atoms with Crippen molar-refractivity contribution < 1.29 is 29.0 Å². The third-order valence-electron chi connectivity index (χ3n) is 1.96. The number of ether oxygens (including phenoxy) is 2. The molecule has 0 spiro atoms. The quantitative estimate of drug-likeness (QED) is 0.530. The third kappa shape index (κ3) is 2.79. The number of carbonyl (C=O) groups excluding carboxylic acids is 2. The number of ketones is 1. The molecule has 6 nitrogen and oxygen atoms in total. The minimum atomic E-state index is -1.43. The summed E-state index contributed by atoms with van der Waals surface area (Å²) in [5.74, 6) is -4.08. The molecule has 1 heterocycles. The van der Waals surface area contributed by atoms with Crippen LogP contribution in [0.15, 0.2) is 0 Å². The van der Waals surface area contributed by atoms with Crippen LogP contribution in [-0.2, 0) is 23.9 Å². The van der Waals surface area contributed by atoms with Gasteiger partial charge in [-0.15, -0.1) is 0 Å². The largest absolute Gasteiger partial charge is 0.479 e. The molecule has 1 saturated heterocycles. The van der Waals surface area contributed by atoms with E-state index in [1.165, 1.54) is 0 Å². The van der Waals surface area contributed by atoms with E-state index in [0.29, 0.717) is 0 Å². The van der Waals surface area contributed by atoms with Crippen molar-refractivity contribution >= 4 is 17.7 Å². The highest BCUT2D eigenvalue weighted by Gasteiger charge is 2.47. The van der Waals surface area contributed by atoms with E-state index < -0.39 is 35.3 Å². The van der Waals surface area contributed by atoms with Crippen LogP contribution >= 0.6 is 0 Å². The van der Waals surface area contributed by atoms with E-state index in [1.54, 1.807) is 20.8 Å². The van der Waals surface area contributed by atoms with Gasteiger partial charge in [-0.25, -0.2) is 4.79 Å². The molecule has 0 aromatic rings. The maximum Gasteiger partial charge on any atom is 0.334 e. The number of hydrogen-bond acceptors (Lipinski definition) is 5. The van der Waals surface area contributed by atoms with E-state index in [2.05, 4.69) is 0 Å². The first-order valence-corrected chi connectivity index (χ1v) is 4.82. The van der Waals surface area contributed by atoms with Crippen LogP contribution < -0.4 is 0 Å². The van der Waals surface area contributed by atoms with Gasteiger partial charge >= 0.3 is 11.9 Å².